The van der Waals surface area contributed by atoms with Crippen molar-refractivity contribution in [2.75, 3.05) is 38.8 Å². The molecule has 0 aliphatic heterocycles. The fourth-order valence-corrected chi connectivity index (χ4v) is 6.05. The lowest BCUT2D eigenvalue weighted by molar-refractivity contribution is 0.0950. The van der Waals surface area contributed by atoms with Crippen LogP contribution < -0.4 is 25.8 Å². The number of aryl methyl sites for hydroxylation is 2. The highest BCUT2D eigenvalue weighted by Gasteiger charge is 2.27. The number of carbonyl (C=O) groups excluding carboxylic acids is 1. The second-order valence-corrected chi connectivity index (χ2v) is 11.2. The van der Waals surface area contributed by atoms with Gasteiger partial charge in [0.25, 0.3) is 11.5 Å². The summed E-state index contributed by atoms with van der Waals surface area (Å²) >= 11 is 0. The van der Waals surface area contributed by atoms with Crippen LogP contribution in [-0.2, 0) is 11.3 Å². The van der Waals surface area contributed by atoms with Crippen LogP contribution in [0.2, 0.25) is 0 Å². The third-order valence-corrected chi connectivity index (χ3v) is 8.48. The van der Waals surface area contributed by atoms with Crippen LogP contribution in [0.5, 0.6) is 5.75 Å². The highest BCUT2D eigenvalue weighted by molar-refractivity contribution is 5.99. The van der Waals surface area contributed by atoms with E-state index in [4.69, 9.17) is 9.47 Å². The number of rotatable bonds is 12. The molecule has 0 spiro atoms. The Hall–Kier alpha value is -3.62. The number of carbonyl (C=O) groups is 1. The number of anilines is 1. The molecule has 1 saturated carbocycles. The number of H-pyrrole nitrogens is 1. The molecule has 1 amide bonds. The quantitative estimate of drug-likeness (QED) is 0.255. The maximum Gasteiger partial charge on any atom is 0.253 e. The van der Waals surface area contributed by atoms with Crippen molar-refractivity contribution in [3.05, 3.63) is 80.8 Å². The van der Waals surface area contributed by atoms with E-state index in [0.717, 1.165) is 71.6 Å². The number of nitrogens with one attached hydrogen (secondary N) is 3. The molecule has 3 N–H and O–H groups in total. The molecule has 1 fully saturated rings. The van der Waals surface area contributed by atoms with Gasteiger partial charge in [-0.2, -0.15) is 0 Å². The Morgan fingerprint density at radius 3 is 2.33 bits per heavy atom. The number of hydrogen-bond acceptors (Lipinski definition) is 6. The minimum absolute atomic E-state index is 0.165. The van der Waals surface area contributed by atoms with E-state index < -0.39 is 0 Å². The number of hydrogen-bond donors (Lipinski definition) is 3. The zero-order chi connectivity index (χ0) is 30.2. The van der Waals surface area contributed by atoms with Crippen molar-refractivity contribution in [2.45, 2.75) is 72.0 Å². The summed E-state index contributed by atoms with van der Waals surface area (Å²) in [7, 11) is 3.70. The third kappa shape index (κ3) is 7.41. The van der Waals surface area contributed by atoms with Gasteiger partial charge in [0.15, 0.2) is 0 Å². The molecular weight excluding hydrogens is 528 g/mol. The third-order valence-electron chi connectivity index (χ3n) is 8.48. The number of nitrogens with zero attached hydrogens (tertiary/aromatic N) is 1. The van der Waals surface area contributed by atoms with Crippen molar-refractivity contribution in [3.63, 3.8) is 0 Å². The molecule has 8 heteroatoms. The van der Waals surface area contributed by atoms with E-state index in [2.05, 4.69) is 33.5 Å². The summed E-state index contributed by atoms with van der Waals surface area (Å²) in [6.07, 6.45) is 4.48. The summed E-state index contributed by atoms with van der Waals surface area (Å²) in [5.41, 5.74) is 6.70. The molecule has 1 aliphatic rings. The van der Waals surface area contributed by atoms with Crippen LogP contribution in [0.15, 0.2) is 47.3 Å². The predicted molar refractivity (Wildman–Crippen MR) is 170 cm³/mol. The molecule has 1 heterocycles. The summed E-state index contributed by atoms with van der Waals surface area (Å²) in [6.45, 7) is 10.0. The number of methoxy groups -OCH3 is 1. The number of pyridine rings is 1. The Balaban J connectivity index is 1.68. The molecule has 0 atom stereocenters. The van der Waals surface area contributed by atoms with Crippen LogP contribution in [0.25, 0.3) is 11.1 Å². The zero-order valence-corrected chi connectivity index (χ0v) is 25.9. The van der Waals surface area contributed by atoms with Gasteiger partial charge in [-0.3, -0.25) is 9.59 Å². The molecule has 1 aliphatic carbocycles. The van der Waals surface area contributed by atoms with Gasteiger partial charge < -0.3 is 30.0 Å². The van der Waals surface area contributed by atoms with Gasteiger partial charge in [-0.15, -0.1) is 0 Å². The highest BCUT2D eigenvalue weighted by atomic mass is 16.5. The van der Waals surface area contributed by atoms with Crippen molar-refractivity contribution in [1.29, 1.82) is 0 Å². The Labute approximate surface area is 249 Å². The number of aromatic nitrogens is 1. The standard InChI is InChI=1S/C34H46N4O4/c1-7-38(28-12-10-27(35-5)11-13-28)32-20-26(25-8-14-29(15-9-25)42-17-16-41-6)19-30(24(32)4)33(39)36-21-31-22(2)18-23(3)37-34(31)40/h8-9,14-15,18-20,27-28,35H,7,10-13,16-17,21H2,1-6H3,(H,36,39)(H,37,40). The first-order chi connectivity index (χ1) is 20.2. The first-order valence-electron chi connectivity index (χ1n) is 15.0. The molecule has 42 heavy (non-hydrogen) atoms. The van der Waals surface area contributed by atoms with Crippen LogP contribution in [0.3, 0.4) is 0 Å². The molecule has 0 bridgehead atoms. The normalized spacial score (nSPS) is 16.7. The average Bonchev–Trinajstić information content (AvgIpc) is 2.98. The highest BCUT2D eigenvalue weighted by Crippen LogP contribution is 2.35. The number of benzene rings is 2. The first kappa shape index (κ1) is 31.3. The van der Waals surface area contributed by atoms with E-state index >= 15 is 0 Å². The topological polar surface area (TPSA) is 95.7 Å². The van der Waals surface area contributed by atoms with Gasteiger partial charge in [0.05, 0.1) is 6.61 Å². The minimum atomic E-state index is -0.190. The smallest absolute Gasteiger partial charge is 0.253 e. The van der Waals surface area contributed by atoms with E-state index in [1.165, 1.54) is 0 Å². The summed E-state index contributed by atoms with van der Waals surface area (Å²) in [6, 6.07) is 15.0. The van der Waals surface area contributed by atoms with Crippen LogP contribution in [0.4, 0.5) is 5.69 Å². The summed E-state index contributed by atoms with van der Waals surface area (Å²) in [5, 5.41) is 6.47. The number of aromatic amines is 1. The van der Waals surface area contributed by atoms with Crippen molar-refractivity contribution in [1.82, 2.24) is 15.6 Å². The van der Waals surface area contributed by atoms with Gasteiger partial charge in [-0.25, -0.2) is 0 Å². The van der Waals surface area contributed by atoms with E-state index in [1.54, 1.807) is 7.11 Å². The second-order valence-electron chi connectivity index (χ2n) is 11.2. The maximum atomic E-state index is 13.8. The summed E-state index contributed by atoms with van der Waals surface area (Å²) in [5.74, 6) is 0.584. The van der Waals surface area contributed by atoms with E-state index in [9.17, 15) is 9.59 Å². The van der Waals surface area contributed by atoms with E-state index in [-0.39, 0.29) is 18.0 Å². The molecule has 0 saturated heterocycles. The van der Waals surface area contributed by atoms with Crippen molar-refractivity contribution < 1.29 is 14.3 Å². The monoisotopic (exact) mass is 574 g/mol. The van der Waals surface area contributed by atoms with Gasteiger partial charge in [0.1, 0.15) is 12.4 Å². The fourth-order valence-electron chi connectivity index (χ4n) is 6.05. The SMILES string of the molecule is CCN(c1cc(-c2ccc(OCCOC)cc2)cc(C(=O)NCc2c(C)cc(C)[nH]c2=O)c1C)C1CCC(NC)CC1. The van der Waals surface area contributed by atoms with Gasteiger partial charge in [0, 0.05) is 54.8 Å². The van der Waals surface area contributed by atoms with Crippen LogP contribution >= 0.6 is 0 Å². The Morgan fingerprint density at radius 2 is 1.71 bits per heavy atom. The van der Waals surface area contributed by atoms with Gasteiger partial charge in [0.2, 0.25) is 0 Å². The second kappa shape index (κ2) is 14.5. The summed E-state index contributed by atoms with van der Waals surface area (Å²) < 4.78 is 10.9. The van der Waals surface area contributed by atoms with Gasteiger partial charge >= 0.3 is 0 Å². The molecule has 2 aromatic carbocycles. The number of amides is 1. The summed E-state index contributed by atoms with van der Waals surface area (Å²) in [4.78, 5) is 31.7. The fraction of sp³-hybridized carbons (Fsp3) is 0.471. The molecule has 226 valence electrons. The Kier molecular flexibility index (Phi) is 10.8. The molecule has 4 rings (SSSR count). The Morgan fingerprint density at radius 1 is 1.00 bits per heavy atom. The van der Waals surface area contributed by atoms with Gasteiger partial charge in [-0.1, -0.05) is 12.1 Å². The lowest BCUT2D eigenvalue weighted by atomic mass is 9.89. The first-order valence-corrected chi connectivity index (χ1v) is 15.0. The van der Waals surface area contributed by atoms with Crippen LogP contribution in [0, 0.1) is 20.8 Å². The lowest BCUT2D eigenvalue weighted by Crippen LogP contribution is -2.42. The maximum absolute atomic E-state index is 13.8. The van der Waals surface area contributed by atoms with Crippen molar-refractivity contribution >= 4 is 11.6 Å². The van der Waals surface area contributed by atoms with Gasteiger partial charge in [-0.05, 0) is 113 Å². The zero-order valence-electron chi connectivity index (χ0n) is 25.9. The Bertz CT molecular complexity index is 1410. The molecule has 1 aromatic heterocycles. The van der Waals surface area contributed by atoms with E-state index in [1.807, 2.05) is 64.2 Å². The average molecular weight is 575 g/mol. The van der Waals surface area contributed by atoms with Crippen molar-refractivity contribution in [3.8, 4) is 16.9 Å². The molecule has 3 aromatic rings. The molecule has 8 nitrogen and oxygen atoms in total. The minimum Gasteiger partial charge on any atom is -0.491 e. The van der Waals surface area contributed by atoms with Crippen molar-refractivity contribution in [2.24, 2.45) is 0 Å². The molecule has 0 radical (unpaired) electrons. The molecular formula is C34H46N4O4. The largest absolute Gasteiger partial charge is 0.491 e. The molecule has 0 unspecified atom stereocenters. The lowest BCUT2D eigenvalue weighted by Gasteiger charge is -2.39. The van der Waals surface area contributed by atoms with Crippen LogP contribution in [0.1, 0.15) is 65.3 Å². The predicted octanol–water partition coefficient (Wildman–Crippen LogP) is 5.28. The number of ether oxygens (including phenoxy) is 2. The van der Waals surface area contributed by atoms with Crippen LogP contribution in [-0.4, -0.2) is 56.9 Å². The van der Waals surface area contributed by atoms with E-state index in [0.29, 0.717) is 36.4 Å².